The summed E-state index contributed by atoms with van der Waals surface area (Å²) in [5.74, 6) is -0.777. The molecule has 3 aromatic rings. The standard InChI is InChI=1S/C23H24N2O3S/c1-15-19-7-5-6-8-20(19)24-16(2)22(15)23(27)28-14-21(26)25(3)13-17-9-11-18(29-4)12-10-17/h5-12H,13-14H2,1-4H3. The number of aromatic nitrogens is 1. The number of pyridine rings is 1. The molecule has 0 spiro atoms. The molecule has 0 atom stereocenters. The Hall–Kier alpha value is -2.86. The molecule has 0 N–H and O–H groups in total. The quantitative estimate of drug-likeness (QED) is 0.447. The fourth-order valence-corrected chi connectivity index (χ4v) is 3.64. The maximum atomic E-state index is 12.7. The second-order valence-corrected chi connectivity index (χ2v) is 7.77. The first kappa shape index (κ1) is 20.9. The molecule has 6 heteroatoms. The fraction of sp³-hybridized carbons (Fsp3) is 0.261. The van der Waals surface area contributed by atoms with Crippen molar-refractivity contribution in [1.29, 1.82) is 0 Å². The van der Waals surface area contributed by atoms with E-state index in [-0.39, 0.29) is 12.5 Å². The largest absolute Gasteiger partial charge is 0.452 e. The maximum Gasteiger partial charge on any atom is 0.340 e. The molecule has 0 saturated carbocycles. The van der Waals surface area contributed by atoms with Gasteiger partial charge in [0.1, 0.15) is 0 Å². The Bertz CT molecular complexity index is 1050. The van der Waals surface area contributed by atoms with E-state index in [0.29, 0.717) is 17.8 Å². The Morgan fingerprint density at radius 1 is 1.07 bits per heavy atom. The highest BCUT2D eigenvalue weighted by Gasteiger charge is 2.19. The highest BCUT2D eigenvalue weighted by molar-refractivity contribution is 7.98. The molecule has 29 heavy (non-hydrogen) atoms. The zero-order valence-electron chi connectivity index (χ0n) is 17.1. The average molecular weight is 409 g/mol. The molecule has 0 aliphatic rings. The van der Waals surface area contributed by atoms with Crippen LogP contribution in [0.1, 0.15) is 27.2 Å². The summed E-state index contributed by atoms with van der Waals surface area (Å²) in [6, 6.07) is 15.7. The molecular formula is C23H24N2O3S. The van der Waals surface area contributed by atoms with E-state index in [1.165, 1.54) is 4.90 Å². The molecule has 2 aromatic carbocycles. The van der Waals surface area contributed by atoms with Gasteiger partial charge in [-0.3, -0.25) is 9.78 Å². The van der Waals surface area contributed by atoms with Crippen molar-refractivity contribution >= 4 is 34.5 Å². The third kappa shape index (κ3) is 4.77. The van der Waals surface area contributed by atoms with Crippen molar-refractivity contribution in [1.82, 2.24) is 9.88 Å². The third-order valence-electron chi connectivity index (χ3n) is 4.87. The summed E-state index contributed by atoms with van der Waals surface area (Å²) in [7, 11) is 1.70. The highest BCUT2D eigenvalue weighted by Crippen LogP contribution is 2.23. The number of thioether (sulfide) groups is 1. The topological polar surface area (TPSA) is 59.5 Å². The van der Waals surface area contributed by atoms with Crippen LogP contribution < -0.4 is 0 Å². The molecule has 0 bridgehead atoms. The minimum atomic E-state index is -0.524. The molecule has 0 radical (unpaired) electrons. The number of likely N-dealkylation sites (N-methyl/N-ethyl adjacent to an activating group) is 1. The van der Waals surface area contributed by atoms with Crippen molar-refractivity contribution in [3.8, 4) is 0 Å². The van der Waals surface area contributed by atoms with Gasteiger partial charge >= 0.3 is 5.97 Å². The minimum absolute atomic E-state index is 0.253. The summed E-state index contributed by atoms with van der Waals surface area (Å²) >= 11 is 1.67. The molecule has 1 heterocycles. The Balaban J connectivity index is 1.65. The van der Waals surface area contributed by atoms with Gasteiger partial charge in [-0.1, -0.05) is 30.3 Å². The van der Waals surface area contributed by atoms with Crippen LogP contribution in [-0.4, -0.2) is 41.7 Å². The molecule has 0 aliphatic carbocycles. The van der Waals surface area contributed by atoms with Gasteiger partial charge in [0.2, 0.25) is 0 Å². The van der Waals surface area contributed by atoms with Crippen LogP contribution in [0.15, 0.2) is 53.4 Å². The highest BCUT2D eigenvalue weighted by atomic mass is 32.2. The second-order valence-electron chi connectivity index (χ2n) is 6.89. The molecule has 1 aromatic heterocycles. The van der Waals surface area contributed by atoms with Crippen molar-refractivity contribution in [2.75, 3.05) is 19.9 Å². The molecule has 150 valence electrons. The van der Waals surface area contributed by atoms with E-state index in [4.69, 9.17) is 4.74 Å². The van der Waals surface area contributed by atoms with Gasteiger partial charge in [0.25, 0.3) is 5.91 Å². The van der Waals surface area contributed by atoms with E-state index >= 15 is 0 Å². The number of hydrogen-bond donors (Lipinski definition) is 0. The number of benzene rings is 2. The van der Waals surface area contributed by atoms with Crippen LogP contribution in [0.4, 0.5) is 0 Å². The van der Waals surface area contributed by atoms with Crippen molar-refractivity contribution < 1.29 is 14.3 Å². The normalized spacial score (nSPS) is 10.8. The van der Waals surface area contributed by atoms with E-state index in [9.17, 15) is 9.59 Å². The predicted molar refractivity (Wildman–Crippen MR) is 116 cm³/mol. The number of aryl methyl sites for hydroxylation is 2. The number of para-hydroxylation sites is 1. The summed E-state index contributed by atoms with van der Waals surface area (Å²) in [5, 5.41) is 0.905. The number of carbonyl (C=O) groups excluding carboxylic acids is 2. The smallest absolute Gasteiger partial charge is 0.340 e. The van der Waals surface area contributed by atoms with Crippen molar-refractivity contribution in [2.24, 2.45) is 0 Å². The maximum absolute atomic E-state index is 12.7. The van der Waals surface area contributed by atoms with Crippen LogP contribution in [-0.2, 0) is 16.1 Å². The lowest BCUT2D eigenvalue weighted by molar-refractivity contribution is -0.133. The first-order valence-corrected chi connectivity index (χ1v) is 10.5. The zero-order chi connectivity index (χ0) is 21.0. The Labute approximate surface area is 175 Å². The van der Waals surface area contributed by atoms with Gasteiger partial charge in [0.15, 0.2) is 6.61 Å². The number of fused-ring (bicyclic) bond motifs is 1. The fourth-order valence-electron chi connectivity index (χ4n) is 3.23. The summed E-state index contributed by atoms with van der Waals surface area (Å²) in [6.45, 7) is 3.81. The SMILES string of the molecule is CSc1ccc(CN(C)C(=O)COC(=O)c2c(C)nc3ccccc3c2C)cc1. The van der Waals surface area contributed by atoms with Crippen LogP contribution in [0.5, 0.6) is 0 Å². The number of rotatable bonds is 6. The molecule has 0 aliphatic heterocycles. The number of ether oxygens (including phenoxy) is 1. The lowest BCUT2D eigenvalue weighted by Crippen LogP contribution is -2.31. The van der Waals surface area contributed by atoms with Crippen LogP contribution in [0.2, 0.25) is 0 Å². The van der Waals surface area contributed by atoms with E-state index in [0.717, 1.165) is 22.0 Å². The van der Waals surface area contributed by atoms with Gasteiger partial charge in [0, 0.05) is 23.9 Å². The summed E-state index contributed by atoms with van der Waals surface area (Å²) < 4.78 is 5.32. The van der Waals surface area contributed by atoms with E-state index in [1.807, 2.05) is 61.7 Å². The number of esters is 1. The van der Waals surface area contributed by atoms with Gasteiger partial charge in [-0.2, -0.15) is 0 Å². The molecule has 5 nitrogen and oxygen atoms in total. The van der Waals surface area contributed by atoms with Gasteiger partial charge in [0.05, 0.1) is 16.8 Å². The van der Waals surface area contributed by atoms with Gasteiger partial charge in [-0.15, -0.1) is 11.8 Å². The third-order valence-corrected chi connectivity index (χ3v) is 5.61. The molecule has 0 saturated heterocycles. The van der Waals surface area contributed by atoms with Crippen LogP contribution >= 0.6 is 11.8 Å². The van der Waals surface area contributed by atoms with E-state index in [2.05, 4.69) is 4.98 Å². The van der Waals surface area contributed by atoms with Crippen LogP contribution in [0, 0.1) is 13.8 Å². The lowest BCUT2D eigenvalue weighted by Gasteiger charge is -2.18. The predicted octanol–water partition coefficient (Wildman–Crippen LogP) is 4.39. The molecule has 3 rings (SSSR count). The molecule has 1 amide bonds. The molecule has 0 unspecified atom stereocenters. The van der Waals surface area contributed by atoms with Gasteiger partial charge in [-0.25, -0.2) is 4.79 Å². The van der Waals surface area contributed by atoms with Crippen LogP contribution in [0.3, 0.4) is 0 Å². The molecule has 0 fully saturated rings. The Kier molecular flexibility index (Phi) is 6.54. The zero-order valence-corrected chi connectivity index (χ0v) is 17.9. The Morgan fingerprint density at radius 3 is 2.45 bits per heavy atom. The van der Waals surface area contributed by atoms with Gasteiger partial charge < -0.3 is 9.64 Å². The monoisotopic (exact) mass is 408 g/mol. The minimum Gasteiger partial charge on any atom is -0.452 e. The van der Waals surface area contributed by atoms with Crippen LogP contribution in [0.25, 0.3) is 10.9 Å². The van der Waals surface area contributed by atoms with E-state index in [1.54, 1.807) is 30.6 Å². The Morgan fingerprint density at radius 2 is 1.76 bits per heavy atom. The summed E-state index contributed by atoms with van der Waals surface area (Å²) in [4.78, 5) is 32.3. The molecular weight excluding hydrogens is 384 g/mol. The lowest BCUT2D eigenvalue weighted by atomic mass is 10.0. The van der Waals surface area contributed by atoms with Gasteiger partial charge in [-0.05, 0) is 49.4 Å². The van der Waals surface area contributed by atoms with Crippen molar-refractivity contribution in [3.05, 3.63) is 70.9 Å². The van der Waals surface area contributed by atoms with Crippen molar-refractivity contribution in [3.63, 3.8) is 0 Å². The summed E-state index contributed by atoms with van der Waals surface area (Å²) in [5.41, 5.74) is 3.69. The number of nitrogens with zero attached hydrogens (tertiary/aromatic N) is 2. The first-order valence-electron chi connectivity index (χ1n) is 9.30. The first-order chi connectivity index (χ1) is 13.9. The average Bonchev–Trinajstić information content (AvgIpc) is 2.72. The number of hydrogen-bond acceptors (Lipinski definition) is 5. The van der Waals surface area contributed by atoms with Crippen molar-refractivity contribution in [2.45, 2.75) is 25.3 Å². The summed E-state index contributed by atoms with van der Waals surface area (Å²) in [6.07, 6.45) is 2.02. The van der Waals surface area contributed by atoms with E-state index < -0.39 is 5.97 Å². The number of carbonyl (C=O) groups is 2. The number of amides is 1. The second kappa shape index (κ2) is 9.09.